The molecular formula is C11H19ClN2O. The molecule has 1 aromatic rings. The van der Waals surface area contributed by atoms with Crippen molar-refractivity contribution >= 4 is 11.6 Å². The second kappa shape index (κ2) is 6.85. The van der Waals surface area contributed by atoms with E-state index in [-0.39, 0.29) is 0 Å². The maximum absolute atomic E-state index is 6.03. The van der Waals surface area contributed by atoms with Gasteiger partial charge in [0.2, 0.25) is 0 Å². The Morgan fingerprint density at radius 3 is 2.87 bits per heavy atom. The van der Waals surface area contributed by atoms with Crippen LogP contribution in [0.15, 0.2) is 6.20 Å². The smallest absolute Gasteiger partial charge is 0.107 e. The lowest BCUT2D eigenvalue weighted by atomic mass is 10.4. The van der Waals surface area contributed by atoms with E-state index in [2.05, 4.69) is 18.9 Å². The van der Waals surface area contributed by atoms with Crippen LogP contribution < -0.4 is 0 Å². The molecule has 3 nitrogen and oxygen atoms in total. The first-order chi connectivity index (χ1) is 7.27. The van der Waals surface area contributed by atoms with Gasteiger partial charge in [0.25, 0.3) is 0 Å². The highest BCUT2D eigenvalue weighted by Crippen LogP contribution is 2.15. The van der Waals surface area contributed by atoms with Gasteiger partial charge < -0.3 is 4.74 Å². The Morgan fingerprint density at radius 1 is 1.40 bits per heavy atom. The van der Waals surface area contributed by atoms with Crippen LogP contribution in [0.5, 0.6) is 0 Å². The van der Waals surface area contributed by atoms with Crippen LogP contribution in [0.3, 0.4) is 0 Å². The van der Waals surface area contributed by atoms with Crippen molar-refractivity contribution in [2.45, 2.75) is 46.3 Å². The second-order valence-corrected chi connectivity index (χ2v) is 4.00. The fourth-order valence-electron chi connectivity index (χ4n) is 1.29. The van der Waals surface area contributed by atoms with Crippen molar-refractivity contribution < 1.29 is 4.74 Å². The van der Waals surface area contributed by atoms with E-state index in [0.717, 1.165) is 38.1 Å². The molecule has 0 N–H and O–H groups in total. The van der Waals surface area contributed by atoms with Crippen LogP contribution in [0.25, 0.3) is 0 Å². The van der Waals surface area contributed by atoms with Gasteiger partial charge in [0.15, 0.2) is 0 Å². The van der Waals surface area contributed by atoms with Crippen molar-refractivity contribution in [2.24, 2.45) is 0 Å². The summed E-state index contributed by atoms with van der Waals surface area (Å²) in [5.74, 6) is 0. The second-order valence-electron chi connectivity index (χ2n) is 3.59. The molecule has 0 radical (unpaired) electrons. The van der Waals surface area contributed by atoms with Crippen molar-refractivity contribution in [3.63, 3.8) is 0 Å². The molecule has 15 heavy (non-hydrogen) atoms. The Hall–Kier alpha value is -0.540. The van der Waals surface area contributed by atoms with E-state index in [4.69, 9.17) is 16.3 Å². The minimum atomic E-state index is 0.523. The highest BCUT2D eigenvalue weighted by Gasteiger charge is 2.06. The summed E-state index contributed by atoms with van der Waals surface area (Å²) in [6.07, 6.45) is 5.17. The number of hydrogen-bond donors (Lipinski definition) is 0. The summed E-state index contributed by atoms with van der Waals surface area (Å²) in [5, 5.41) is 5.07. The average Bonchev–Trinajstić information content (AvgIpc) is 2.55. The molecule has 0 saturated carbocycles. The van der Waals surface area contributed by atoms with Gasteiger partial charge in [-0.25, -0.2) is 0 Å². The molecule has 0 amide bonds. The van der Waals surface area contributed by atoms with Gasteiger partial charge in [0.05, 0.1) is 11.6 Å². The molecule has 1 heterocycles. The molecule has 0 aliphatic carbocycles. The summed E-state index contributed by atoms with van der Waals surface area (Å²) < 4.78 is 7.35. The van der Waals surface area contributed by atoms with Gasteiger partial charge >= 0.3 is 0 Å². The first-order valence-electron chi connectivity index (χ1n) is 5.57. The van der Waals surface area contributed by atoms with E-state index in [1.165, 1.54) is 0 Å². The van der Waals surface area contributed by atoms with E-state index in [1.807, 2.05) is 10.9 Å². The maximum atomic E-state index is 6.03. The molecule has 0 bridgehead atoms. The average molecular weight is 231 g/mol. The Balaban J connectivity index is 2.39. The Bertz CT molecular complexity index is 286. The van der Waals surface area contributed by atoms with Gasteiger partial charge in [-0.2, -0.15) is 5.10 Å². The number of hydrogen-bond acceptors (Lipinski definition) is 2. The van der Waals surface area contributed by atoms with Crippen LogP contribution in [0, 0.1) is 0 Å². The normalized spacial score (nSPS) is 10.9. The lowest BCUT2D eigenvalue weighted by molar-refractivity contribution is 0.115. The zero-order valence-electron chi connectivity index (χ0n) is 9.50. The first-order valence-corrected chi connectivity index (χ1v) is 5.95. The van der Waals surface area contributed by atoms with Crippen LogP contribution in [-0.4, -0.2) is 16.4 Å². The largest absolute Gasteiger partial charge is 0.375 e. The number of aromatic nitrogens is 2. The molecule has 0 unspecified atom stereocenters. The summed E-state index contributed by atoms with van der Waals surface area (Å²) in [7, 11) is 0. The number of halogens is 1. The lowest BCUT2D eigenvalue weighted by Crippen LogP contribution is -2.00. The highest BCUT2D eigenvalue weighted by atomic mass is 35.5. The molecule has 0 saturated heterocycles. The Kier molecular flexibility index (Phi) is 5.73. The zero-order chi connectivity index (χ0) is 11.1. The fraction of sp³-hybridized carbons (Fsp3) is 0.727. The van der Waals surface area contributed by atoms with Crippen LogP contribution in [0.1, 0.15) is 38.8 Å². The van der Waals surface area contributed by atoms with Gasteiger partial charge in [0, 0.05) is 19.3 Å². The van der Waals surface area contributed by atoms with Crippen molar-refractivity contribution in [2.75, 3.05) is 6.61 Å². The molecular weight excluding hydrogens is 212 g/mol. The van der Waals surface area contributed by atoms with Crippen molar-refractivity contribution in [3.8, 4) is 0 Å². The fourth-order valence-corrected chi connectivity index (χ4v) is 1.50. The van der Waals surface area contributed by atoms with E-state index in [1.54, 1.807) is 0 Å². The third kappa shape index (κ3) is 4.22. The minimum Gasteiger partial charge on any atom is -0.375 e. The van der Waals surface area contributed by atoms with Crippen molar-refractivity contribution in [3.05, 3.63) is 16.9 Å². The van der Waals surface area contributed by atoms with Crippen LogP contribution in [0.4, 0.5) is 0 Å². The third-order valence-electron chi connectivity index (χ3n) is 2.12. The standard InChI is InChI=1S/C11H19ClN2O/c1-3-5-7-15-9-11-10(12)8-14(13-11)6-4-2/h8H,3-7,9H2,1-2H3. The molecule has 0 atom stereocenters. The lowest BCUT2D eigenvalue weighted by Gasteiger charge is -2.00. The van der Waals surface area contributed by atoms with Crippen LogP contribution in [0.2, 0.25) is 5.02 Å². The molecule has 1 rings (SSSR count). The molecule has 0 aromatic carbocycles. The van der Waals surface area contributed by atoms with E-state index in [0.29, 0.717) is 11.6 Å². The van der Waals surface area contributed by atoms with Crippen molar-refractivity contribution in [1.82, 2.24) is 9.78 Å². The topological polar surface area (TPSA) is 27.1 Å². The molecule has 0 aliphatic heterocycles. The van der Waals surface area contributed by atoms with E-state index >= 15 is 0 Å². The SMILES string of the molecule is CCCCOCc1nn(CCC)cc1Cl. The molecule has 1 aromatic heterocycles. The summed E-state index contributed by atoms with van der Waals surface area (Å²) >= 11 is 6.03. The minimum absolute atomic E-state index is 0.523. The number of unbranched alkanes of at least 4 members (excludes halogenated alkanes) is 1. The van der Waals surface area contributed by atoms with Gasteiger partial charge in [-0.15, -0.1) is 0 Å². The number of aryl methyl sites for hydroxylation is 1. The van der Waals surface area contributed by atoms with E-state index < -0.39 is 0 Å². The summed E-state index contributed by atoms with van der Waals surface area (Å²) in [5.41, 5.74) is 0.848. The molecule has 0 fully saturated rings. The Morgan fingerprint density at radius 2 is 2.20 bits per heavy atom. The predicted molar refractivity (Wildman–Crippen MR) is 62.1 cm³/mol. The summed E-state index contributed by atoms with van der Waals surface area (Å²) in [6, 6.07) is 0. The number of ether oxygens (including phenoxy) is 1. The summed E-state index contributed by atoms with van der Waals surface area (Å²) in [6.45, 7) is 6.48. The first kappa shape index (κ1) is 12.5. The quantitative estimate of drug-likeness (QED) is 0.673. The van der Waals surface area contributed by atoms with Crippen LogP contribution >= 0.6 is 11.6 Å². The number of nitrogens with zero attached hydrogens (tertiary/aromatic N) is 2. The molecule has 0 spiro atoms. The van der Waals surface area contributed by atoms with E-state index in [9.17, 15) is 0 Å². The monoisotopic (exact) mass is 230 g/mol. The molecule has 4 heteroatoms. The van der Waals surface area contributed by atoms with Gasteiger partial charge in [-0.1, -0.05) is 31.9 Å². The Labute approximate surface area is 96.4 Å². The molecule has 0 aliphatic rings. The van der Waals surface area contributed by atoms with Gasteiger partial charge in [0.1, 0.15) is 5.69 Å². The van der Waals surface area contributed by atoms with Crippen LogP contribution in [-0.2, 0) is 17.9 Å². The predicted octanol–water partition coefficient (Wildman–Crippen LogP) is 3.26. The highest BCUT2D eigenvalue weighted by molar-refractivity contribution is 6.31. The van der Waals surface area contributed by atoms with Crippen molar-refractivity contribution in [1.29, 1.82) is 0 Å². The molecule has 86 valence electrons. The van der Waals surface area contributed by atoms with Gasteiger partial charge in [-0.3, -0.25) is 4.68 Å². The maximum Gasteiger partial charge on any atom is 0.107 e. The number of rotatable bonds is 7. The van der Waals surface area contributed by atoms with Gasteiger partial charge in [-0.05, 0) is 12.8 Å². The zero-order valence-corrected chi connectivity index (χ0v) is 10.3. The summed E-state index contributed by atoms with van der Waals surface area (Å²) in [4.78, 5) is 0. The third-order valence-corrected chi connectivity index (χ3v) is 2.44.